The highest BCUT2D eigenvalue weighted by molar-refractivity contribution is 7.99. The molecule has 0 radical (unpaired) electrons. The average molecular weight is 251 g/mol. The number of hydrogen-bond acceptors (Lipinski definition) is 5. The first-order chi connectivity index (χ1) is 6.66. The van der Waals surface area contributed by atoms with Gasteiger partial charge in [0.2, 0.25) is 0 Å². The van der Waals surface area contributed by atoms with Gasteiger partial charge in [-0.2, -0.15) is 0 Å². The molecule has 2 heterocycles. The fraction of sp³-hybridized carbons (Fsp3) is 0.429. The molecular formula is C7H7ClN2O2S2. The van der Waals surface area contributed by atoms with Crippen molar-refractivity contribution in [2.24, 2.45) is 0 Å². The Balaban J connectivity index is 2.05. The molecule has 2 unspecified atom stereocenters. The number of carbonyl (C=O) groups is 1. The van der Waals surface area contributed by atoms with Crippen LogP contribution in [0.3, 0.4) is 0 Å². The van der Waals surface area contributed by atoms with E-state index in [4.69, 9.17) is 16.7 Å². The maximum Gasteiger partial charge on any atom is 0.321 e. The van der Waals surface area contributed by atoms with Crippen LogP contribution in [0.4, 0.5) is 0 Å². The number of thiazole rings is 1. The molecule has 2 N–H and O–H groups in total. The molecular weight excluding hydrogens is 244 g/mol. The summed E-state index contributed by atoms with van der Waals surface area (Å²) in [6.07, 6.45) is 1.68. The van der Waals surface area contributed by atoms with Gasteiger partial charge in [-0.1, -0.05) is 11.6 Å². The molecule has 1 aromatic rings. The number of carboxylic acid groups (broad SMARTS) is 1. The number of nitrogens with one attached hydrogen (secondary N) is 1. The van der Waals surface area contributed by atoms with Gasteiger partial charge in [-0.3, -0.25) is 10.1 Å². The van der Waals surface area contributed by atoms with Gasteiger partial charge in [-0.25, -0.2) is 4.98 Å². The lowest BCUT2D eigenvalue weighted by Gasteiger charge is -2.07. The summed E-state index contributed by atoms with van der Waals surface area (Å²) in [5, 5.41) is 11.8. The van der Waals surface area contributed by atoms with E-state index >= 15 is 0 Å². The summed E-state index contributed by atoms with van der Waals surface area (Å²) >= 11 is 8.63. The quantitative estimate of drug-likeness (QED) is 0.835. The van der Waals surface area contributed by atoms with E-state index in [9.17, 15) is 4.79 Å². The monoisotopic (exact) mass is 250 g/mol. The largest absolute Gasteiger partial charge is 0.480 e. The summed E-state index contributed by atoms with van der Waals surface area (Å²) in [7, 11) is 0. The van der Waals surface area contributed by atoms with Crippen LogP contribution >= 0.6 is 34.7 Å². The molecule has 14 heavy (non-hydrogen) atoms. The van der Waals surface area contributed by atoms with Gasteiger partial charge in [0, 0.05) is 11.9 Å². The Morgan fingerprint density at radius 2 is 2.57 bits per heavy atom. The van der Waals surface area contributed by atoms with Crippen LogP contribution in [0, 0.1) is 0 Å². The molecule has 76 valence electrons. The third kappa shape index (κ3) is 2.03. The number of halogens is 1. The Hall–Kier alpha value is -0.300. The third-order valence-electron chi connectivity index (χ3n) is 1.83. The van der Waals surface area contributed by atoms with Crippen LogP contribution in [-0.2, 0) is 4.79 Å². The zero-order chi connectivity index (χ0) is 10.1. The summed E-state index contributed by atoms with van der Waals surface area (Å²) in [5.41, 5.74) is 0. The Labute approximate surface area is 93.7 Å². The van der Waals surface area contributed by atoms with Crippen molar-refractivity contribution in [1.29, 1.82) is 0 Å². The molecule has 1 aliphatic heterocycles. The minimum absolute atomic E-state index is 0.0149. The number of aliphatic carboxylic acids is 1. The maximum atomic E-state index is 10.7. The molecule has 0 spiro atoms. The second-order valence-electron chi connectivity index (χ2n) is 2.79. The van der Waals surface area contributed by atoms with Gasteiger partial charge < -0.3 is 5.11 Å². The molecule has 1 saturated heterocycles. The van der Waals surface area contributed by atoms with Gasteiger partial charge >= 0.3 is 5.97 Å². The van der Waals surface area contributed by atoms with Crippen molar-refractivity contribution in [3.63, 3.8) is 0 Å². The molecule has 2 atom stereocenters. The van der Waals surface area contributed by atoms with Crippen LogP contribution in [-0.4, -0.2) is 27.9 Å². The smallest absolute Gasteiger partial charge is 0.321 e. The van der Waals surface area contributed by atoms with E-state index in [0.29, 0.717) is 10.2 Å². The highest BCUT2D eigenvalue weighted by Gasteiger charge is 2.31. The molecule has 0 amide bonds. The third-order valence-corrected chi connectivity index (χ3v) is 4.41. The molecule has 0 aromatic carbocycles. The Morgan fingerprint density at radius 1 is 1.79 bits per heavy atom. The van der Waals surface area contributed by atoms with Crippen LogP contribution in [0.5, 0.6) is 0 Å². The number of aromatic nitrogens is 1. The lowest BCUT2D eigenvalue weighted by atomic mass is 10.3. The number of carboxylic acids is 1. The van der Waals surface area contributed by atoms with Crippen molar-refractivity contribution in [1.82, 2.24) is 10.3 Å². The number of rotatable bonds is 2. The Morgan fingerprint density at radius 3 is 3.07 bits per heavy atom. The summed E-state index contributed by atoms with van der Waals surface area (Å²) in [6.45, 7) is 0. The average Bonchev–Trinajstić information content (AvgIpc) is 2.70. The second kappa shape index (κ2) is 4.06. The van der Waals surface area contributed by atoms with Crippen LogP contribution in [0.15, 0.2) is 6.20 Å². The summed E-state index contributed by atoms with van der Waals surface area (Å²) < 4.78 is 0.487. The fourth-order valence-electron chi connectivity index (χ4n) is 1.16. The van der Waals surface area contributed by atoms with Gasteiger partial charge in [0.25, 0.3) is 0 Å². The topological polar surface area (TPSA) is 62.2 Å². The second-order valence-corrected chi connectivity index (χ2v) is 5.57. The highest BCUT2D eigenvalue weighted by atomic mass is 35.5. The van der Waals surface area contributed by atoms with E-state index in [1.807, 2.05) is 0 Å². The summed E-state index contributed by atoms with van der Waals surface area (Å²) in [5.74, 6) is -0.231. The van der Waals surface area contributed by atoms with E-state index < -0.39 is 12.0 Å². The predicted octanol–water partition coefficient (Wildman–Crippen LogP) is 1.58. The van der Waals surface area contributed by atoms with E-state index in [1.54, 1.807) is 18.0 Å². The van der Waals surface area contributed by atoms with Crippen LogP contribution < -0.4 is 5.32 Å². The minimum Gasteiger partial charge on any atom is -0.480 e. The molecule has 1 aromatic heterocycles. The lowest BCUT2D eigenvalue weighted by molar-refractivity contribution is -0.138. The molecule has 1 fully saturated rings. The molecule has 4 nitrogen and oxygen atoms in total. The van der Waals surface area contributed by atoms with Crippen molar-refractivity contribution < 1.29 is 9.90 Å². The first-order valence-electron chi connectivity index (χ1n) is 3.88. The predicted molar refractivity (Wildman–Crippen MR) is 56.9 cm³/mol. The zero-order valence-electron chi connectivity index (χ0n) is 6.94. The Bertz CT molecular complexity index is 357. The summed E-state index contributed by atoms with van der Waals surface area (Å²) in [4.78, 5) is 15.6. The molecule has 0 bridgehead atoms. The van der Waals surface area contributed by atoms with E-state index in [-0.39, 0.29) is 5.37 Å². The Kier molecular flexibility index (Phi) is 2.96. The molecule has 7 heteroatoms. The van der Waals surface area contributed by atoms with Crippen molar-refractivity contribution in [2.75, 3.05) is 5.75 Å². The standard InChI is InChI=1S/C7H7ClN2O2S2/c8-7-9-1-4(14-7)5-10-3(2-13-5)6(11)12/h1,3,5,10H,2H2,(H,11,12). The van der Waals surface area contributed by atoms with Crippen molar-refractivity contribution >= 4 is 40.7 Å². The van der Waals surface area contributed by atoms with Gasteiger partial charge in [-0.15, -0.1) is 23.1 Å². The lowest BCUT2D eigenvalue weighted by Crippen LogP contribution is -2.33. The number of nitrogens with zero attached hydrogens (tertiary/aromatic N) is 1. The molecule has 0 aliphatic carbocycles. The molecule has 2 rings (SSSR count). The van der Waals surface area contributed by atoms with Crippen molar-refractivity contribution in [3.05, 3.63) is 15.5 Å². The number of thioether (sulfide) groups is 1. The SMILES string of the molecule is O=C(O)C1CSC(c2cnc(Cl)s2)N1. The molecule has 1 aliphatic rings. The normalized spacial score (nSPS) is 26.6. The van der Waals surface area contributed by atoms with Crippen LogP contribution in [0.25, 0.3) is 0 Å². The van der Waals surface area contributed by atoms with Gasteiger partial charge in [0.1, 0.15) is 6.04 Å². The van der Waals surface area contributed by atoms with Crippen LogP contribution in [0.2, 0.25) is 4.47 Å². The van der Waals surface area contributed by atoms with Crippen LogP contribution in [0.1, 0.15) is 10.3 Å². The zero-order valence-corrected chi connectivity index (χ0v) is 9.33. The minimum atomic E-state index is -0.810. The van der Waals surface area contributed by atoms with Gasteiger partial charge in [-0.05, 0) is 0 Å². The van der Waals surface area contributed by atoms with Gasteiger partial charge in [0.05, 0.1) is 10.3 Å². The summed E-state index contributed by atoms with van der Waals surface area (Å²) in [6, 6.07) is -0.467. The fourth-order valence-corrected chi connectivity index (χ4v) is 3.52. The van der Waals surface area contributed by atoms with Crippen molar-refractivity contribution in [3.8, 4) is 0 Å². The van der Waals surface area contributed by atoms with Gasteiger partial charge in [0.15, 0.2) is 4.47 Å². The molecule has 0 saturated carbocycles. The first-order valence-corrected chi connectivity index (χ1v) is 6.13. The van der Waals surface area contributed by atoms with E-state index in [2.05, 4.69) is 10.3 Å². The number of hydrogen-bond donors (Lipinski definition) is 2. The van der Waals surface area contributed by atoms with Crippen molar-refractivity contribution in [2.45, 2.75) is 11.4 Å². The van der Waals surface area contributed by atoms with E-state index in [1.165, 1.54) is 11.3 Å². The first kappa shape index (κ1) is 10.2. The maximum absolute atomic E-state index is 10.7. The van der Waals surface area contributed by atoms with E-state index in [0.717, 1.165) is 4.88 Å². The highest BCUT2D eigenvalue weighted by Crippen LogP contribution is 2.36.